The molecule has 2 aromatic carbocycles. The third kappa shape index (κ3) is 2.55. The molecule has 148 valence electrons. The minimum atomic E-state index is 0.0490. The first kappa shape index (κ1) is 18.0. The molecule has 0 radical (unpaired) electrons. The van der Waals surface area contributed by atoms with Crippen LogP contribution in [-0.2, 0) is 5.41 Å². The van der Waals surface area contributed by atoms with Crippen LogP contribution in [0.1, 0.15) is 32.1 Å². The molecule has 30 heavy (non-hydrogen) atoms. The molecule has 0 unspecified atom stereocenters. The lowest BCUT2D eigenvalue weighted by molar-refractivity contribution is 0.581. The van der Waals surface area contributed by atoms with E-state index in [1.165, 1.54) is 20.3 Å². The first-order chi connectivity index (χ1) is 14.4. The van der Waals surface area contributed by atoms with Gasteiger partial charge in [0.1, 0.15) is 22.5 Å². The molecule has 0 aliphatic heterocycles. The highest BCUT2D eigenvalue weighted by molar-refractivity contribution is 7.25. The normalized spacial score (nSPS) is 12.7. The van der Waals surface area contributed by atoms with Gasteiger partial charge in [-0.05, 0) is 65.1 Å². The Morgan fingerprint density at radius 2 is 1.80 bits per heavy atom. The van der Waals surface area contributed by atoms with Crippen LogP contribution in [0.5, 0.6) is 0 Å². The van der Waals surface area contributed by atoms with E-state index in [0.29, 0.717) is 0 Å². The summed E-state index contributed by atoms with van der Waals surface area (Å²) < 4.78 is 8.67. The van der Waals surface area contributed by atoms with Gasteiger partial charge in [-0.2, -0.15) is 0 Å². The van der Waals surface area contributed by atoms with Crippen molar-refractivity contribution in [3.63, 3.8) is 0 Å². The summed E-state index contributed by atoms with van der Waals surface area (Å²) in [5.74, 6) is 0.921. The van der Waals surface area contributed by atoms with Gasteiger partial charge in [-0.15, -0.1) is 22.7 Å². The van der Waals surface area contributed by atoms with E-state index in [1.54, 1.807) is 17.7 Å². The molecule has 0 amide bonds. The smallest absolute Gasteiger partial charge is 0.143 e. The van der Waals surface area contributed by atoms with Gasteiger partial charge >= 0.3 is 0 Å². The Kier molecular flexibility index (Phi) is 3.68. The molecular formula is C25H20N2OS2. The predicted molar refractivity (Wildman–Crippen MR) is 129 cm³/mol. The minimum absolute atomic E-state index is 0.0490. The van der Waals surface area contributed by atoms with Crippen molar-refractivity contribution in [1.29, 1.82) is 0 Å². The Hall–Kier alpha value is -2.76. The van der Waals surface area contributed by atoms with Gasteiger partial charge in [0.15, 0.2) is 0 Å². The zero-order chi connectivity index (χ0) is 20.6. The lowest BCUT2D eigenvalue weighted by Crippen LogP contribution is -2.11. The van der Waals surface area contributed by atoms with Crippen LogP contribution in [0.4, 0.5) is 0 Å². The molecule has 0 bridgehead atoms. The van der Waals surface area contributed by atoms with Crippen molar-refractivity contribution in [2.75, 3.05) is 0 Å². The molecule has 0 aliphatic carbocycles. The molecular weight excluding hydrogens is 408 g/mol. The summed E-state index contributed by atoms with van der Waals surface area (Å²) in [7, 11) is 0. The highest BCUT2D eigenvalue weighted by Crippen LogP contribution is 2.44. The van der Waals surface area contributed by atoms with Gasteiger partial charge in [0, 0.05) is 31.1 Å². The second-order valence-corrected chi connectivity index (χ2v) is 10.8. The topological polar surface area (TPSA) is 38.9 Å². The van der Waals surface area contributed by atoms with Gasteiger partial charge in [-0.25, -0.2) is 9.97 Å². The molecule has 0 N–H and O–H groups in total. The van der Waals surface area contributed by atoms with Crippen LogP contribution in [0, 0.1) is 6.92 Å². The molecule has 0 fully saturated rings. The monoisotopic (exact) mass is 428 g/mol. The van der Waals surface area contributed by atoms with Crippen LogP contribution >= 0.6 is 22.7 Å². The largest absolute Gasteiger partial charge is 0.461 e. The SMILES string of the molecule is Cc1cc2ccc3sc4ncnc(-c5cc(C(C)(C)C)c6sccc6c5)c4c3c2o1. The van der Waals surface area contributed by atoms with Crippen molar-refractivity contribution < 1.29 is 4.42 Å². The lowest BCUT2D eigenvalue weighted by Gasteiger charge is -2.21. The number of aromatic nitrogens is 2. The fourth-order valence-electron chi connectivity index (χ4n) is 4.31. The highest BCUT2D eigenvalue weighted by Gasteiger charge is 2.22. The molecule has 6 rings (SSSR count). The summed E-state index contributed by atoms with van der Waals surface area (Å²) in [6.45, 7) is 8.82. The molecule has 0 aliphatic rings. The summed E-state index contributed by atoms with van der Waals surface area (Å²) in [6, 6.07) is 13.2. The zero-order valence-electron chi connectivity index (χ0n) is 17.2. The third-order valence-electron chi connectivity index (χ3n) is 5.67. The third-order valence-corrected chi connectivity index (χ3v) is 7.70. The quantitative estimate of drug-likeness (QED) is 0.266. The number of fused-ring (bicyclic) bond motifs is 6. The van der Waals surface area contributed by atoms with Crippen molar-refractivity contribution in [2.24, 2.45) is 0 Å². The number of aryl methyl sites for hydroxylation is 1. The lowest BCUT2D eigenvalue weighted by atomic mass is 9.85. The Morgan fingerprint density at radius 3 is 2.63 bits per heavy atom. The van der Waals surface area contributed by atoms with Crippen molar-refractivity contribution in [1.82, 2.24) is 9.97 Å². The summed E-state index contributed by atoms with van der Waals surface area (Å²) in [5, 5.41) is 6.78. The van der Waals surface area contributed by atoms with E-state index in [9.17, 15) is 0 Å². The van der Waals surface area contributed by atoms with E-state index in [1.807, 2.05) is 18.3 Å². The fraction of sp³-hybridized carbons (Fsp3) is 0.200. The molecule has 0 saturated carbocycles. The molecule has 3 nitrogen and oxygen atoms in total. The number of hydrogen-bond acceptors (Lipinski definition) is 5. The zero-order valence-corrected chi connectivity index (χ0v) is 18.9. The molecule has 0 spiro atoms. The van der Waals surface area contributed by atoms with Gasteiger partial charge in [-0.1, -0.05) is 20.8 Å². The van der Waals surface area contributed by atoms with Crippen molar-refractivity contribution >= 4 is 64.0 Å². The minimum Gasteiger partial charge on any atom is -0.461 e. The second-order valence-electron chi connectivity index (χ2n) is 8.83. The maximum atomic E-state index is 6.13. The number of benzene rings is 2. The van der Waals surface area contributed by atoms with E-state index < -0.39 is 0 Å². The summed E-state index contributed by atoms with van der Waals surface area (Å²) in [4.78, 5) is 10.4. The maximum Gasteiger partial charge on any atom is 0.143 e. The van der Waals surface area contributed by atoms with E-state index in [0.717, 1.165) is 43.6 Å². The van der Waals surface area contributed by atoms with Crippen LogP contribution in [0.2, 0.25) is 0 Å². The second kappa shape index (κ2) is 6.13. The first-order valence-electron chi connectivity index (χ1n) is 9.98. The number of rotatable bonds is 1. The molecule has 6 aromatic rings. The average molecular weight is 429 g/mol. The average Bonchev–Trinajstić information content (AvgIpc) is 3.40. The maximum absolute atomic E-state index is 6.13. The number of thiophene rings is 2. The summed E-state index contributed by atoms with van der Waals surface area (Å²) >= 11 is 3.51. The van der Waals surface area contributed by atoms with Crippen molar-refractivity contribution in [2.45, 2.75) is 33.1 Å². The van der Waals surface area contributed by atoms with Crippen LogP contribution in [0.25, 0.3) is 52.6 Å². The van der Waals surface area contributed by atoms with Crippen LogP contribution in [0.3, 0.4) is 0 Å². The Morgan fingerprint density at radius 1 is 0.933 bits per heavy atom. The van der Waals surface area contributed by atoms with Gasteiger partial charge in [0.25, 0.3) is 0 Å². The van der Waals surface area contributed by atoms with Crippen molar-refractivity contribution in [3.05, 3.63) is 59.4 Å². The van der Waals surface area contributed by atoms with Gasteiger partial charge in [0.2, 0.25) is 0 Å². The van der Waals surface area contributed by atoms with Crippen LogP contribution < -0.4 is 0 Å². The number of nitrogens with zero attached hydrogens (tertiary/aromatic N) is 2. The summed E-state index contributed by atoms with van der Waals surface area (Å²) in [5.41, 5.74) is 4.45. The Balaban J connectivity index is 1.76. The van der Waals surface area contributed by atoms with E-state index in [-0.39, 0.29) is 5.41 Å². The predicted octanol–water partition coefficient (Wildman–Crippen LogP) is 8.08. The van der Waals surface area contributed by atoms with E-state index in [4.69, 9.17) is 9.40 Å². The van der Waals surface area contributed by atoms with Gasteiger partial charge in [-0.3, -0.25) is 0 Å². The number of hydrogen-bond donors (Lipinski definition) is 0. The van der Waals surface area contributed by atoms with Crippen LogP contribution in [-0.4, -0.2) is 9.97 Å². The molecule has 0 saturated heterocycles. The molecule has 5 heteroatoms. The highest BCUT2D eigenvalue weighted by atomic mass is 32.1. The summed E-state index contributed by atoms with van der Waals surface area (Å²) in [6.07, 6.45) is 1.69. The molecule has 4 aromatic heterocycles. The first-order valence-corrected chi connectivity index (χ1v) is 11.7. The molecule has 4 heterocycles. The van der Waals surface area contributed by atoms with Gasteiger partial charge in [0.05, 0.1) is 5.69 Å². The molecule has 0 atom stereocenters. The standard InChI is InChI=1S/C25H20N2OS2/c1-13-9-14-5-6-18-19(22(14)28-13)20-21(26-12-27-24(20)30-18)16-10-15-7-8-29-23(15)17(11-16)25(2,3)4/h5-12H,1-4H3. The fourth-order valence-corrected chi connectivity index (χ4v) is 6.45. The number of furan rings is 1. The van der Waals surface area contributed by atoms with Crippen molar-refractivity contribution in [3.8, 4) is 11.3 Å². The Labute approximate surface area is 182 Å². The van der Waals surface area contributed by atoms with E-state index in [2.05, 4.69) is 67.5 Å². The Bertz CT molecular complexity index is 1590. The van der Waals surface area contributed by atoms with E-state index >= 15 is 0 Å². The van der Waals surface area contributed by atoms with Gasteiger partial charge < -0.3 is 4.42 Å². The van der Waals surface area contributed by atoms with Crippen LogP contribution in [0.15, 0.2) is 52.5 Å².